The van der Waals surface area contributed by atoms with E-state index >= 15 is 0 Å². The average molecular weight is 155 g/mol. The SMILES string of the molecule is CCC(C)C1(C)CNC(=O)C1. The highest BCUT2D eigenvalue weighted by molar-refractivity contribution is 5.79. The third-order valence-electron chi connectivity index (χ3n) is 3.06. The molecule has 0 aromatic carbocycles. The molecule has 0 saturated carbocycles. The molecular formula is C9H17NO. The molecule has 1 rings (SSSR count). The summed E-state index contributed by atoms with van der Waals surface area (Å²) in [4.78, 5) is 11.0. The molecule has 11 heavy (non-hydrogen) atoms. The van der Waals surface area contributed by atoms with Crippen LogP contribution < -0.4 is 5.32 Å². The first-order chi connectivity index (χ1) is 5.08. The molecule has 2 unspecified atom stereocenters. The standard InChI is InChI=1S/C9H17NO/c1-4-7(2)9(3)5-8(11)10-6-9/h7H,4-6H2,1-3H3,(H,10,11). The van der Waals surface area contributed by atoms with Crippen LogP contribution in [0.4, 0.5) is 0 Å². The lowest BCUT2D eigenvalue weighted by atomic mass is 9.76. The first-order valence-electron chi connectivity index (χ1n) is 4.35. The topological polar surface area (TPSA) is 29.1 Å². The van der Waals surface area contributed by atoms with Gasteiger partial charge in [0.25, 0.3) is 0 Å². The van der Waals surface area contributed by atoms with Gasteiger partial charge in [0.05, 0.1) is 0 Å². The number of nitrogens with one attached hydrogen (secondary N) is 1. The van der Waals surface area contributed by atoms with E-state index in [0.717, 1.165) is 13.0 Å². The lowest BCUT2D eigenvalue weighted by Gasteiger charge is -2.28. The van der Waals surface area contributed by atoms with Crippen LogP contribution in [0.1, 0.15) is 33.6 Å². The number of hydrogen-bond donors (Lipinski definition) is 1. The van der Waals surface area contributed by atoms with Gasteiger partial charge in [-0.2, -0.15) is 0 Å². The predicted octanol–water partition coefficient (Wildman–Crippen LogP) is 1.56. The zero-order chi connectivity index (χ0) is 8.48. The van der Waals surface area contributed by atoms with Gasteiger partial charge in [0.15, 0.2) is 0 Å². The van der Waals surface area contributed by atoms with Crippen molar-refractivity contribution in [2.75, 3.05) is 6.54 Å². The van der Waals surface area contributed by atoms with Crippen LogP contribution in [0.3, 0.4) is 0 Å². The summed E-state index contributed by atoms with van der Waals surface area (Å²) in [5, 5.41) is 2.89. The molecule has 1 aliphatic heterocycles. The lowest BCUT2D eigenvalue weighted by molar-refractivity contribution is -0.119. The Bertz CT molecular complexity index is 167. The maximum Gasteiger partial charge on any atom is 0.220 e. The van der Waals surface area contributed by atoms with Crippen molar-refractivity contribution in [3.05, 3.63) is 0 Å². The van der Waals surface area contributed by atoms with Gasteiger partial charge in [-0.05, 0) is 11.3 Å². The van der Waals surface area contributed by atoms with E-state index in [4.69, 9.17) is 0 Å². The third-order valence-corrected chi connectivity index (χ3v) is 3.06. The van der Waals surface area contributed by atoms with E-state index in [2.05, 4.69) is 26.1 Å². The highest BCUT2D eigenvalue weighted by atomic mass is 16.1. The molecule has 1 heterocycles. The second-order valence-electron chi connectivity index (χ2n) is 3.92. The molecule has 1 saturated heterocycles. The Labute approximate surface area is 68.4 Å². The van der Waals surface area contributed by atoms with Gasteiger partial charge in [-0.15, -0.1) is 0 Å². The largest absolute Gasteiger partial charge is 0.356 e. The van der Waals surface area contributed by atoms with Crippen LogP contribution in [0, 0.1) is 11.3 Å². The summed E-state index contributed by atoms with van der Waals surface area (Å²) >= 11 is 0. The monoisotopic (exact) mass is 155 g/mol. The second-order valence-corrected chi connectivity index (χ2v) is 3.92. The lowest BCUT2D eigenvalue weighted by Crippen LogP contribution is -2.27. The Morgan fingerprint density at radius 1 is 1.73 bits per heavy atom. The van der Waals surface area contributed by atoms with E-state index < -0.39 is 0 Å². The van der Waals surface area contributed by atoms with Crippen LogP contribution in [0.2, 0.25) is 0 Å². The fraction of sp³-hybridized carbons (Fsp3) is 0.889. The molecule has 2 atom stereocenters. The van der Waals surface area contributed by atoms with Crippen molar-refractivity contribution in [3.63, 3.8) is 0 Å². The van der Waals surface area contributed by atoms with Gasteiger partial charge < -0.3 is 5.32 Å². The summed E-state index contributed by atoms with van der Waals surface area (Å²) in [5.41, 5.74) is 0.214. The van der Waals surface area contributed by atoms with E-state index in [1.54, 1.807) is 0 Å². The summed E-state index contributed by atoms with van der Waals surface area (Å²) in [5.74, 6) is 0.856. The molecule has 0 aliphatic carbocycles. The average Bonchev–Trinajstić information content (AvgIpc) is 2.31. The number of amides is 1. The normalized spacial score (nSPS) is 33.5. The highest BCUT2D eigenvalue weighted by Crippen LogP contribution is 2.35. The van der Waals surface area contributed by atoms with Crippen molar-refractivity contribution < 1.29 is 4.79 Å². The minimum atomic E-state index is 0.214. The molecular weight excluding hydrogens is 138 g/mol. The highest BCUT2D eigenvalue weighted by Gasteiger charge is 2.37. The van der Waals surface area contributed by atoms with Crippen molar-refractivity contribution in [1.29, 1.82) is 0 Å². The summed E-state index contributed by atoms with van der Waals surface area (Å²) < 4.78 is 0. The van der Waals surface area contributed by atoms with Crippen LogP contribution in [0.15, 0.2) is 0 Å². The maximum atomic E-state index is 11.0. The van der Waals surface area contributed by atoms with E-state index in [-0.39, 0.29) is 11.3 Å². The second kappa shape index (κ2) is 2.84. The van der Waals surface area contributed by atoms with Crippen molar-refractivity contribution in [2.24, 2.45) is 11.3 Å². The molecule has 64 valence electrons. The number of carbonyl (C=O) groups excluding carboxylic acids is 1. The minimum absolute atomic E-state index is 0.214. The van der Waals surface area contributed by atoms with Gasteiger partial charge in [0.2, 0.25) is 5.91 Å². The van der Waals surface area contributed by atoms with Gasteiger partial charge in [0, 0.05) is 13.0 Å². The summed E-state index contributed by atoms with van der Waals surface area (Å²) in [6, 6.07) is 0. The number of rotatable bonds is 2. The Morgan fingerprint density at radius 2 is 2.36 bits per heavy atom. The summed E-state index contributed by atoms with van der Waals surface area (Å²) in [6.07, 6.45) is 1.87. The third kappa shape index (κ3) is 1.55. The molecule has 1 amide bonds. The molecule has 0 aromatic heterocycles. The molecule has 1 fully saturated rings. The number of carbonyl (C=O) groups is 1. The van der Waals surface area contributed by atoms with Gasteiger partial charge in [0.1, 0.15) is 0 Å². The fourth-order valence-corrected chi connectivity index (χ4v) is 1.63. The van der Waals surface area contributed by atoms with Crippen molar-refractivity contribution in [1.82, 2.24) is 5.32 Å². The van der Waals surface area contributed by atoms with E-state index in [1.807, 2.05) is 0 Å². The van der Waals surface area contributed by atoms with Gasteiger partial charge in [-0.25, -0.2) is 0 Å². The quantitative estimate of drug-likeness (QED) is 0.644. The van der Waals surface area contributed by atoms with Crippen LogP contribution in [-0.2, 0) is 4.79 Å². The minimum Gasteiger partial charge on any atom is -0.356 e. The molecule has 0 bridgehead atoms. The predicted molar refractivity (Wildman–Crippen MR) is 45.2 cm³/mol. The molecule has 0 spiro atoms. The molecule has 1 N–H and O–H groups in total. The van der Waals surface area contributed by atoms with Crippen LogP contribution >= 0.6 is 0 Å². The van der Waals surface area contributed by atoms with Crippen molar-refractivity contribution in [2.45, 2.75) is 33.6 Å². The van der Waals surface area contributed by atoms with E-state index in [0.29, 0.717) is 12.3 Å². The first-order valence-corrected chi connectivity index (χ1v) is 4.35. The van der Waals surface area contributed by atoms with Crippen molar-refractivity contribution >= 4 is 5.91 Å². The molecule has 1 aliphatic rings. The van der Waals surface area contributed by atoms with Gasteiger partial charge in [-0.3, -0.25) is 4.79 Å². The molecule has 2 heteroatoms. The van der Waals surface area contributed by atoms with Gasteiger partial charge >= 0.3 is 0 Å². The summed E-state index contributed by atoms with van der Waals surface area (Å²) in [7, 11) is 0. The van der Waals surface area contributed by atoms with E-state index in [9.17, 15) is 4.79 Å². The van der Waals surface area contributed by atoms with Crippen LogP contribution in [-0.4, -0.2) is 12.5 Å². The summed E-state index contributed by atoms with van der Waals surface area (Å²) in [6.45, 7) is 7.46. The van der Waals surface area contributed by atoms with Crippen LogP contribution in [0.25, 0.3) is 0 Å². The van der Waals surface area contributed by atoms with Gasteiger partial charge in [-0.1, -0.05) is 27.2 Å². The number of hydrogen-bond acceptors (Lipinski definition) is 1. The van der Waals surface area contributed by atoms with E-state index in [1.165, 1.54) is 0 Å². The Balaban J connectivity index is 2.61. The Morgan fingerprint density at radius 3 is 2.73 bits per heavy atom. The molecule has 0 aromatic rings. The Kier molecular flexibility index (Phi) is 2.21. The first kappa shape index (κ1) is 8.57. The molecule has 0 radical (unpaired) electrons. The van der Waals surface area contributed by atoms with Crippen LogP contribution in [0.5, 0.6) is 0 Å². The smallest absolute Gasteiger partial charge is 0.220 e. The fourth-order valence-electron chi connectivity index (χ4n) is 1.63. The zero-order valence-electron chi connectivity index (χ0n) is 7.61. The van der Waals surface area contributed by atoms with Crippen molar-refractivity contribution in [3.8, 4) is 0 Å². The molecule has 2 nitrogen and oxygen atoms in total. The maximum absolute atomic E-state index is 11.0. The zero-order valence-corrected chi connectivity index (χ0v) is 7.61. The Hall–Kier alpha value is -0.530.